The molecule has 140 valence electrons. The number of rotatable bonds is 6. The number of carbonyl (C=O) groups excluding carboxylic acids is 1. The third-order valence-electron chi connectivity index (χ3n) is 3.37. The van der Waals surface area contributed by atoms with Crippen LogP contribution in [0.4, 0.5) is 16.3 Å². The fourth-order valence-electron chi connectivity index (χ4n) is 2.33. The first-order chi connectivity index (χ1) is 12.3. The van der Waals surface area contributed by atoms with E-state index in [1.165, 1.54) is 0 Å². The third kappa shape index (κ3) is 6.27. The zero-order valence-electron chi connectivity index (χ0n) is 16.1. The molecule has 0 fully saturated rings. The number of nitrogens with one attached hydrogen (secondary N) is 2. The van der Waals surface area contributed by atoms with Crippen LogP contribution in [0.3, 0.4) is 0 Å². The molecule has 1 aromatic heterocycles. The summed E-state index contributed by atoms with van der Waals surface area (Å²) in [6, 6.07) is 9.65. The van der Waals surface area contributed by atoms with Crippen molar-refractivity contribution < 1.29 is 14.3 Å². The minimum atomic E-state index is -0.535. The van der Waals surface area contributed by atoms with Gasteiger partial charge in [0.15, 0.2) is 0 Å². The Hall–Kier alpha value is -2.76. The molecule has 0 saturated heterocycles. The number of aryl methyl sites for hydroxylation is 1. The van der Waals surface area contributed by atoms with Crippen molar-refractivity contribution in [2.75, 3.05) is 11.9 Å². The second-order valence-corrected chi connectivity index (χ2v) is 6.95. The lowest BCUT2D eigenvalue weighted by molar-refractivity contribution is 0.0523. The molecule has 2 rings (SSSR count). The Balaban J connectivity index is 2.13. The molecule has 6 nitrogen and oxygen atoms in total. The predicted molar refractivity (Wildman–Crippen MR) is 103 cm³/mol. The van der Waals surface area contributed by atoms with Crippen molar-refractivity contribution >= 4 is 17.6 Å². The van der Waals surface area contributed by atoms with Crippen molar-refractivity contribution in [2.24, 2.45) is 0 Å². The third-order valence-corrected chi connectivity index (χ3v) is 3.37. The van der Waals surface area contributed by atoms with Crippen molar-refractivity contribution in [3.05, 3.63) is 47.7 Å². The van der Waals surface area contributed by atoms with E-state index in [2.05, 4.69) is 15.6 Å². The van der Waals surface area contributed by atoms with Crippen molar-refractivity contribution in [1.82, 2.24) is 10.3 Å². The maximum atomic E-state index is 11.9. The first kappa shape index (κ1) is 19.6. The molecule has 0 bridgehead atoms. The Labute approximate surface area is 154 Å². The zero-order chi connectivity index (χ0) is 19.2. The maximum Gasteiger partial charge on any atom is 0.407 e. The molecule has 0 saturated carbocycles. The van der Waals surface area contributed by atoms with Crippen molar-refractivity contribution in [2.45, 2.75) is 46.8 Å². The SMILES string of the molecule is CCOc1ccc(Nc2cc(C)ccn2)cc1CNC(=O)OC(C)(C)C. The lowest BCUT2D eigenvalue weighted by Gasteiger charge is -2.20. The topological polar surface area (TPSA) is 72.5 Å². The molecule has 0 unspecified atom stereocenters. The lowest BCUT2D eigenvalue weighted by atomic mass is 10.1. The molecule has 0 aliphatic heterocycles. The van der Waals surface area contributed by atoms with E-state index in [1.54, 1.807) is 6.20 Å². The van der Waals surface area contributed by atoms with Gasteiger partial charge in [-0.05, 0) is 70.5 Å². The number of benzene rings is 1. The summed E-state index contributed by atoms with van der Waals surface area (Å²) in [4.78, 5) is 16.2. The largest absolute Gasteiger partial charge is 0.494 e. The van der Waals surface area contributed by atoms with E-state index in [1.807, 2.05) is 65.0 Å². The van der Waals surface area contributed by atoms with Gasteiger partial charge < -0.3 is 20.1 Å². The number of anilines is 2. The van der Waals surface area contributed by atoms with E-state index < -0.39 is 11.7 Å². The van der Waals surface area contributed by atoms with Gasteiger partial charge in [0.2, 0.25) is 0 Å². The van der Waals surface area contributed by atoms with Gasteiger partial charge in [0.1, 0.15) is 17.2 Å². The summed E-state index contributed by atoms with van der Waals surface area (Å²) in [5.41, 5.74) is 2.32. The molecule has 2 N–H and O–H groups in total. The predicted octanol–water partition coefficient (Wildman–Crippen LogP) is 4.56. The van der Waals surface area contributed by atoms with Gasteiger partial charge in [-0.15, -0.1) is 0 Å². The van der Waals surface area contributed by atoms with Crippen LogP contribution in [0.5, 0.6) is 5.75 Å². The molecule has 1 heterocycles. The van der Waals surface area contributed by atoms with Crippen LogP contribution in [0.25, 0.3) is 0 Å². The van der Waals surface area contributed by atoms with Gasteiger partial charge in [-0.2, -0.15) is 0 Å². The Bertz CT molecular complexity index is 754. The number of aromatic nitrogens is 1. The average molecular weight is 357 g/mol. The van der Waals surface area contributed by atoms with E-state index in [0.29, 0.717) is 13.2 Å². The molecule has 6 heteroatoms. The van der Waals surface area contributed by atoms with Crippen LogP contribution >= 0.6 is 0 Å². The highest BCUT2D eigenvalue weighted by Gasteiger charge is 2.16. The zero-order valence-corrected chi connectivity index (χ0v) is 16.1. The first-order valence-electron chi connectivity index (χ1n) is 8.69. The Kier molecular flexibility index (Phi) is 6.44. The van der Waals surface area contributed by atoms with E-state index in [4.69, 9.17) is 9.47 Å². The van der Waals surface area contributed by atoms with Gasteiger partial charge in [-0.1, -0.05) is 0 Å². The molecule has 0 aliphatic carbocycles. The van der Waals surface area contributed by atoms with Crippen LogP contribution in [0.1, 0.15) is 38.8 Å². The van der Waals surface area contributed by atoms with E-state index >= 15 is 0 Å². The maximum absolute atomic E-state index is 11.9. The number of ether oxygens (including phenoxy) is 2. The summed E-state index contributed by atoms with van der Waals surface area (Å²) in [6.07, 6.45) is 1.30. The molecule has 0 radical (unpaired) electrons. The van der Waals surface area contributed by atoms with Gasteiger partial charge >= 0.3 is 6.09 Å². The second-order valence-electron chi connectivity index (χ2n) is 6.95. The van der Waals surface area contributed by atoms with Crippen molar-refractivity contribution in [1.29, 1.82) is 0 Å². The van der Waals surface area contributed by atoms with E-state index in [-0.39, 0.29) is 0 Å². The molecule has 0 aliphatic rings. The molecule has 2 aromatic rings. The summed E-state index contributed by atoms with van der Waals surface area (Å²) in [5, 5.41) is 6.04. The number of pyridine rings is 1. The van der Waals surface area contributed by atoms with Crippen LogP contribution in [0, 0.1) is 6.92 Å². The number of alkyl carbamates (subject to hydrolysis) is 1. The summed E-state index contributed by atoms with van der Waals surface area (Å²) < 4.78 is 10.9. The summed E-state index contributed by atoms with van der Waals surface area (Å²) in [6.45, 7) is 10.3. The quantitative estimate of drug-likeness (QED) is 0.793. The van der Waals surface area contributed by atoms with E-state index in [0.717, 1.165) is 28.4 Å². The van der Waals surface area contributed by atoms with Gasteiger partial charge in [-0.3, -0.25) is 0 Å². The first-order valence-corrected chi connectivity index (χ1v) is 8.69. The minimum Gasteiger partial charge on any atom is -0.494 e. The monoisotopic (exact) mass is 357 g/mol. The van der Waals surface area contributed by atoms with Gasteiger partial charge in [-0.25, -0.2) is 9.78 Å². The number of hydrogen-bond donors (Lipinski definition) is 2. The van der Waals surface area contributed by atoms with Crippen LogP contribution < -0.4 is 15.4 Å². The van der Waals surface area contributed by atoms with Crippen LogP contribution in [0.2, 0.25) is 0 Å². The number of nitrogens with zero attached hydrogens (tertiary/aromatic N) is 1. The summed E-state index contributed by atoms with van der Waals surface area (Å²) in [5.74, 6) is 1.49. The van der Waals surface area contributed by atoms with Crippen LogP contribution in [-0.4, -0.2) is 23.3 Å². The minimum absolute atomic E-state index is 0.307. The van der Waals surface area contributed by atoms with Gasteiger partial charge in [0.05, 0.1) is 6.61 Å². The Morgan fingerprint density at radius 2 is 1.96 bits per heavy atom. The van der Waals surface area contributed by atoms with E-state index in [9.17, 15) is 4.79 Å². The lowest BCUT2D eigenvalue weighted by Crippen LogP contribution is -2.32. The molecule has 26 heavy (non-hydrogen) atoms. The van der Waals surface area contributed by atoms with Gasteiger partial charge in [0.25, 0.3) is 0 Å². The molecular weight excluding hydrogens is 330 g/mol. The molecule has 0 atom stereocenters. The highest BCUT2D eigenvalue weighted by Crippen LogP contribution is 2.25. The fourth-order valence-corrected chi connectivity index (χ4v) is 2.33. The Morgan fingerprint density at radius 3 is 2.62 bits per heavy atom. The second kappa shape index (κ2) is 8.56. The standard InChI is InChI=1S/C20H27N3O3/c1-6-25-17-8-7-16(23-18-11-14(2)9-10-21-18)12-15(17)13-22-19(24)26-20(3,4)5/h7-12H,6,13H2,1-5H3,(H,21,23)(H,22,24). The summed E-state index contributed by atoms with van der Waals surface area (Å²) in [7, 11) is 0. The molecule has 1 amide bonds. The number of carbonyl (C=O) groups is 1. The molecular formula is C20H27N3O3. The van der Waals surface area contributed by atoms with Crippen LogP contribution in [-0.2, 0) is 11.3 Å². The molecule has 0 spiro atoms. The Morgan fingerprint density at radius 1 is 1.19 bits per heavy atom. The van der Waals surface area contributed by atoms with Gasteiger partial charge in [0, 0.05) is 24.0 Å². The normalized spacial score (nSPS) is 11.0. The number of amides is 1. The van der Waals surface area contributed by atoms with Crippen molar-refractivity contribution in [3.8, 4) is 5.75 Å². The van der Waals surface area contributed by atoms with Crippen LogP contribution in [0.15, 0.2) is 36.5 Å². The number of hydrogen-bond acceptors (Lipinski definition) is 5. The highest BCUT2D eigenvalue weighted by atomic mass is 16.6. The molecule has 1 aromatic carbocycles. The summed E-state index contributed by atoms with van der Waals surface area (Å²) >= 11 is 0. The smallest absolute Gasteiger partial charge is 0.407 e. The average Bonchev–Trinajstić information content (AvgIpc) is 2.53. The van der Waals surface area contributed by atoms with Crippen molar-refractivity contribution in [3.63, 3.8) is 0 Å². The highest BCUT2D eigenvalue weighted by molar-refractivity contribution is 5.68. The fraction of sp³-hybridized carbons (Fsp3) is 0.400.